The number of pyridine rings is 1. The number of carbonyl (C=O) groups is 1. The quantitative estimate of drug-likeness (QED) is 0.823. The maximum atomic E-state index is 11.6. The highest BCUT2D eigenvalue weighted by atomic mass is 16.6. The molecule has 106 valence electrons. The van der Waals surface area contributed by atoms with Gasteiger partial charge in [-0.25, -0.2) is 10.2 Å². The van der Waals surface area contributed by atoms with Gasteiger partial charge in [0.2, 0.25) is 0 Å². The molecule has 0 aliphatic carbocycles. The van der Waals surface area contributed by atoms with Crippen molar-refractivity contribution in [3.63, 3.8) is 0 Å². The SMILES string of the molecule is Cc1cc(NNC(=O)OC(C)(C)C)c2ccccc2n1. The number of hydrazine groups is 1. The molecule has 1 heterocycles. The van der Waals surface area contributed by atoms with E-state index in [4.69, 9.17) is 4.74 Å². The standard InChI is InChI=1S/C15H19N3O2/c1-10-9-13(11-7-5-6-8-12(11)16-10)17-18-14(19)20-15(2,3)4/h5-9H,1-4H3,(H,16,17)(H,18,19). The largest absolute Gasteiger partial charge is 0.443 e. The Labute approximate surface area is 118 Å². The number of amides is 1. The molecule has 1 aromatic carbocycles. The predicted octanol–water partition coefficient (Wildman–Crippen LogP) is 3.39. The van der Waals surface area contributed by atoms with Crippen molar-refractivity contribution in [1.82, 2.24) is 10.4 Å². The summed E-state index contributed by atoms with van der Waals surface area (Å²) in [6.07, 6.45) is -0.518. The number of nitrogens with zero attached hydrogens (tertiary/aromatic N) is 1. The maximum Gasteiger partial charge on any atom is 0.426 e. The van der Waals surface area contributed by atoms with Gasteiger partial charge in [0, 0.05) is 11.1 Å². The normalized spacial score (nSPS) is 11.2. The van der Waals surface area contributed by atoms with Crippen LogP contribution in [0.3, 0.4) is 0 Å². The van der Waals surface area contributed by atoms with E-state index in [1.165, 1.54) is 0 Å². The molecule has 2 aromatic rings. The van der Waals surface area contributed by atoms with E-state index in [0.717, 1.165) is 22.3 Å². The number of carbonyl (C=O) groups excluding carboxylic acids is 1. The van der Waals surface area contributed by atoms with Crippen LogP contribution >= 0.6 is 0 Å². The van der Waals surface area contributed by atoms with Gasteiger partial charge in [-0.05, 0) is 39.8 Å². The van der Waals surface area contributed by atoms with Crippen LogP contribution in [-0.2, 0) is 4.74 Å². The summed E-state index contributed by atoms with van der Waals surface area (Å²) in [6, 6.07) is 9.61. The molecule has 0 aliphatic heterocycles. The molecule has 1 amide bonds. The van der Waals surface area contributed by atoms with E-state index in [9.17, 15) is 4.79 Å². The molecular weight excluding hydrogens is 254 g/mol. The van der Waals surface area contributed by atoms with Crippen molar-refractivity contribution >= 4 is 22.7 Å². The van der Waals surface area contributed by atoms with E-state index in [1.807, 2.05) is 58.0 Å². The number of anilines is 1. The molecule has 0 saturated carbocycles. The number of benzene rings is 1. The zero-order valence-electron chi connectivity index (χ0n) is 12.2. The summed E-state index contributed by atoms with van der Waals surface area (Å²) >= 11 is 0. The molecule has 5 heteroatoms. The third-order valence-corrected chi connectivity index (χ3v) is 2.54. The first-order chi connectivity index (χ1) is 9.35. The number of para-hydroxylation sites is 1. The molecule has 0 unspecified atom stereocenters. The van der Waals surface area contributed by atoms with Crippen LogP contribution in [0.15, 0.2) is 30.3 Å². The van der Waals surface area contributed by atoms with Crippen LogP contribution in [0.4, 0.5) is 10.5 Å². The highest BCUT2D eigenvalue weighted by Gasteiger charge is 2.16. The van der Waals surface area contributed by atoms with E-state index >= 15 is 0 Å². The Morgan fingerprint density at radius 1 is 1.25 bits per heavy atom. The lowest BCUT2D eigenvalue weighted by Crippen LogP contribution is -2.35. The smallest absolute Gasteiger partial charge is 0.426 e. The number of ether oxygens (including phenoxy) is 1. The van der Waals surface area contributed by atoms with Crippen molar-refractivity contribution in [1.29, 1.82) is 0 Å². The van der Waals surface area contributed by atoms with Crippen molar-refractivity contribution in [2.45, 2.75) is 33.3 Å². The first-order valence-electron chi connectivity index (χ1n) is 6.46. The number of hydrogen-bond acceptors (Lipinski definition) is 4. The molecule has 2 N–H and O–H groups in total. The average molecular weight is 273 g/mol. The van der Waals surface area contributed by atoms with Crippen LogP contribution in [-0.4, -0.2) is 16.7 Å². The molecule has 1 aromatic heterocycles. The van der Waals surface area contributed by atoms with Crippen LogP contribution in [0, 0.1) is 6.92 Å². The molecule has 0 aliphatic rings. The Balaban J connectivity index is 2.16. The lowest BCUT2D eigenvalue weighted by molar-refractivity contribution is 0.0541. The Morgan fingerprint density at radius 2 is 1.95 bits per heavy atom. The molecule has 0 saturated heterocycles. The molecule has 0 spiro atoms. The van der Waals surface area contributed by atoms with Gasteiger partial charge in [0.25, 0.3) is 0 Å². The molecule has 2 rings (SSSR count). The highest BCUT2D eigenvalue weighted by Crippen LogP contribution is 2.22. The second kappa shape index (κ2) is 5.36. The second-order valence-corrected chi connectivity index (χ2v) is 5.58. The third kappa shape index (κ3) is 3.60. The first kappa shape index (κ1) is 14.1. The van der Waals surface area contributed by atoms with Crippen LogP contribution in [0.2, 0.25) is 0 Å². The van der Waals surface area contributed by atoms with E-state index in [-0.39, 0.29) is 0 Å². The Hall–Kier alpha value is -2.30. The molecule has 0 radical (unpaired) electrons. The molecule has 20 heavy (non-hydrogen) atoms. The van der Waals surface area contributed by atoms with Crippen molar-refractivity contribution in [2.75, 3.05) is 5.43 Å². The highest BCUT2D eigenvalue weighted by molar-refractivity contribution is 5.91. The fourth-order valence-corrected chi connectivity index (χ4v) is 1.83. The van der Waals surface area contributed by atoms with Gasteiger partial charge in [0.05, 0.1) is 11.2 Å². The number of nitrogens with one attached hydrogen (secondary N) is 2. The molecule has 0 atom stereocenters. The van der Waals surface area contributed by atoms with Crippen LogP contribution < -0.4 is 10.9 Å². The van der Waals surface area contributed by atoms with Gasteiger partial charge in [-0.3, -0.25) is 10.4 Å². The second-order valence-electron chi connectivity index (χ2n) is 5.58. The van der Waals surface area contributed by atoms with Crippen LogP contribution in [0.25, 0.3) is 10.9 Å². The van der Waals surface area contributed by atoms with Crippen molar-refractivity contribution in [3.8, 4) is 0 Å². The minimum Gasteiger partial charge on any atom is -0.443 e. The molecular formula is C15H19N3O2. The summed E-state index contributed by atoms with van der Waals surface area (Å²) in [5.41, 5.74) is 7.44. The average Bonchev–Trinajstić information content (AvgIpc) is 2.33. The molecule has 5 nitrogen and oxygen atoms in total. The van der Waals surface area contributed by atoms with E-state index in [1.54, 1.807) is 0 Å². The summed E-state index contributed by atoms with van der Waals surface area (Å²) in [5, 5.41) is 0.939. The van der Waals surface area contributed by atoms with Gasteiger partial charge in [-0.1, -0.05) is 18.2 Å². The zero-order chi connectivity index (χ0) is 14.8. The van der Waals surface area contributed by atoms with E-state index in [0.29, 0.717) is 0 Å². The van der Waals surface area contributed by atoms with Gasteiger partial charge in [0.15, 0.2) is 0 Å². The van der Waals surface area contributed by atoms with Gasteiger partial charge in [0.1, 0.15) is 5.60 Å². The van der Waals surface area contributed by atoms with Crippen molar-refractivity contribution in [3.05, 3.63) is 36.0 Å². The monoisotopic (exact) mass is 273 g/mol. The van der Waals surface area contributed by atoms with Gasteiger partial charge in [-0.15, -0.1) is 0 Å². The third-order valence-electron chi connectivity index (χ3n) is 2.54. The number of aromatic nitrogens is 1. The Morgan fingerprint density at radius 3 is 2.65 bits per heavy atom. The number of rotatable bonds is 2. The topological polar surface area (TPSA) is 63.2 Å². The number of aryl methyl sites for hydroxylation is 1. The van der Waals surface area contributed by atoms with Crippen molar-refractivity contribution in [2.24, 2.45) is 0 Å². The number of hydrogen-bond donors (Lipinski definition) is 2. The molecule has 0 bridgehead atoms. The first-order valence-corrected chi connectivity index (χ1v) is 6.46. The van der Waals surface area contributed by atoms with Crippen LogP contribution in [0.5, 0.6) is 0 Å². The zero-order valence-corrected chi connectivity index (χ0v) is 12.2. The van der Waals surface area contributed by atoms with Crippen LogP contribution in [0.1, 0.15) is 26.5 Å². The van der Waals surface area contributed by atoms with Gasteiger partial charge in [-0.2, -0.15) is 0 Å². The van der Waals surface area contributed by atoms with Gasteiger partial charge < -0.3 is 4.74 Å². The minimum atomic E-state index is -0.526. The molecule has 0 fully saturated rings. The van der Waals surface area contributed by atoms with E-state index < -0.39 is 11.7 Å². The minimum absolute atomic E-state index is 0.518. The van der Waals surface area contributed by atoms with Gasteiger partial charge >= 0.3 is 6.09 Å². The van der Waals surface area contributed by atoms with Crippen molar-refractivity contribution < 1.29 is 9.53 Å². The summed E-state index contributed by atoms with van der Waals surface area (Å²) in [5.74, 6) is 0. The number of fused-ring (bicyclic) bond motifs is 1. The fraction of sp³-hybridized carbons (Fsp3) is 0.333. The summed E-state index contributed by atoms with van der Waals surface area (Å²) in [4.78, 5) is 16.1. The van der Waals surface area contributed by atoms with E-state index in [2.05, 4.69) is 15.8 Å². The Kier molecular flexibility index (Phi) is 3.79. The Bertz CT molecular complexity index is 633. The predicted molar refractivity (Wildman–Crippen MR) is 79.5 cm³/mol. The summed E-state index contributed by atoms with van der Waals surface area (Å²) in [7, 11) is 0. The lowest BCUT2D eigenvalue weighted by atomic mass is 10.1. The fourth-order valence-electron chi connectivity index (χ4n) is 1.83. The maximum absolute atomic E-state index is 11.6. The lowest BCUT2D eigenvalue weighted by Gasteiger charge is -2.20. The summed E-state index contributed by atoms with van der Waals surface area (Å²) < 4.78 is 5.17. The summed E-state index contributed by atoms with van der Waals surface area (Å²) in [6.45, 7) is 7.36.